The van der Waals surface area contributed by atoms with Crippen LogP contribution in [0.5, 0.6) is 0 Å². The van der Waals surface area contributed by atoms with Crippen molar-refractivity contribution in [1.29, 1.82) is 0 Å². The van der Waals surface area contributed by atoms with Crippen LogP contribution >= 0.6 is 0 Å². The molecule has 2 aliphatic carbocycles. The zero-order valence-electron chi connectivity index (χ0n) is 16.0. The molecule has 0 aromatic heterocycles. The Bertz CT molecular complexity index is 567. The third-order valence-corrected chi connectivity index (χ3v) is 6.66. The summed E-state index contributed by atoms with van der Waals surface area (Å²) in [5.41, 5.74) is 0. The van der Waals surface area contributed by atoms with E-state index in [0.29, 0.717) is 6.61 Å². The average molecular weight is 382 g/mol. The summed E-state index contributed by atoms with van der Waals surface area (Å²) in [4.78, 5) is 11.8. The SMILES string of the molecule is CC(=O)O[C@H]1[C@H]2OC3(CCCCC3)O[C@@H]2O[C@@H]1[C@H]1COC2(CCCCC2)O1. The summed E-state index contributed by atoms with van der Waals surface area (Å²) in [6.45, 7) is 1.87. The van der Waals surface area contributed by atoms with Gasteiger partial charge < -0.3 is 28.4 Å². The summed E-state index contributed by atoms with van der Waals surface area (Å²) in [5.74, 6) is -1.40. The molecule has 7 nitrogen and oxygen atoms in total. The first-order valence-corrected chi connectivity index (χ1v) is 10.6. The van der Waals surface area contributed by atoms with Gasteiger partial charge in [-0.2, -0.15) is 0 Å². The van der Waals surface area contributed by atoms with E-state index in [1.54, 1.807) is 0 Å². The van der Waals surface area contributed by atoms with Gasteiger partial charge in [-0.25, -0.2) is 0 Å². The second kappa shape index (κ2) is 6.95. The van der Waals surface area contributed by atoms with Crippen LogP contribution in [0.2, 0.25) is 0 Å². The van der Waals surface area contributed by atoms with Crippen molar-refractivity contribution in [1.82, 2.24) is 0 Å². The summed E-state index contributed by atoms with van der Waals surface area (Å²) in [6.07, 6.45) is 8.27. The third-order valence-electron chi connectivity index (χ3n) is 6.66. The fourth-order valence-electron chi connectivity index (χ4n) is 5.40. The van der Waals surface area contributed by atoms with Gasteiger partial charge >= 0.3 is 5.97 Å². The van der Waals surface area contributed by atoms with Crippen LogP contribution in [0.1, 0.15) is 71.1 Å². The fourth-order valence-corrected chi connectivity index (χ4v) is 5.40. The minimum Gasteiger partial charge on any atom is -0.457 e. The van der Waals surface area contributed by atoms with Gasteiger partial charge in [0.25, 0.3) is 0 Å². The van der Waals surface area contributed by atoms with Crippen molar-refractivity contribution in [2.75, 3.05) is 6.61 Å². The zero-order chi connectivity index (χ0) is 18.5. The lowest BCUT2D eigenvalue weighted by molar-refractivity contribution is -0.261. The Morgan fingerprint density at radius 1 is 0.852 bits per heavy atom. The molecule has 0 aromatic carbocycles. The predicted molar refractivity (Wildman–Crippen MR) is 92.6 cm³/mol. The molecular weight excluding hydrogens is 352 g/mol. The molecule has 27 heavy (non-hydrogen) atoms. The first-order valence-electron chi connectivity index (χ1n) is 10.6. The molecule has 2 saturated carbocycles. The van der Waals surface area contributed by atoms with E-state index in [-0.39, 0.29) is 12.1 Å². The van der Waals surface area contributed by atoms with E-state index in [0.717, 1.165) is 51.4 Å². The molecule has 0 aromatic rings. The lowest BCUT2D eigenvalue weighted by atomic mass is 9.94. The van der Waals surface area contributed by atoms with Gasteiger partial charge in [-0.3, -0.25) is 4.79 Å². The van der Waals surface area contributed by atoms with Gasteiger partial charge in [0.05, 0.1) is 6.61 Å². The maximum Gasteiger partial charge on any atom is 0.303 e. The van der Waals surface area contributed by atoms with Crippen LogP contribution in [-0.4, -0.2) is 54.9 Å². The molecule has 7 heteroatoms. The average Bonchev–Trinajstić information content (AvgIpc) is 3.29. The number of fused-ring (bicyclic) bond motifs is 1. The topological polar surface area (TPSA) is 72.5 Å². The highest BCUT2D eigenvalue weighted by molar-refractivity contribution is 5.66. The van der Waals surface area contributed by atoms with Crippen molar-refractivity contribution in [3.8, 4) is 0 Å². The number of ether oxygens (including phenoxy) is 6. The first kappa shape index (κ1) is 18.3. The molecule has 3 aliphatic heterocycles. The van der Waals surface area contributed by atoms with Gasteiger partial charge in [0.2, 0.25) is 0 Å². The summed E-state index contributed by atoms with van der Waals surface area (Å²) in [6, 6.07) is 0. The van der Waals surface area contributed by atoms with Gasteiger partial charge in [0.1, 0.15) is 12.2 Å². The number of carbonyl (C=O) groups excluding carboxylic acids is 1. The zero-order valence-corrected chi connectivity index (χ0v) is 16.0. The molecule has 0 radical (unpaired) electrons. The van der Waals surface area contributed by atoms with Crippen LogP contribution in [0, 0.1) is 0 Å². The lowest BCUT2D eigenvalue weighted by Crippen LogP contribution is -2.46. The van der Waals surface area contributed by atoms with Crippen molar-refractivity contribution < 1.29 is 33.2 Å². The van der Waals surface area contributed by atoms with Crippen LogP contribution in [-0.2, 0) is 33.2 Å². The number of rotatable bonds is 2. The molecule has 3 heterocycles. The molecule has 0 unspecified atom stereocenters. The molecule has 3 saturated heterocycles. The molecule has 152 valence electrons. The molecule has 0 amide bonds. The van der Waals surface area contributed by atoms with Crippen LogP contribution in [0.4, 0.5) is 0 Å². The standard InChI is InChI=1S/C20H30O7/c1-13(21)23-16-15(14-12-22-19(25-14)8-4-2-5-9-19)24-18-17(16)26-20(27-18)10-6-3-7-11-20/h14-18H,2-12H2,1H3/t14-,15-,16-,17-,18+/m1/s1. The van der Waals surface area contributed by atoms with E-state index in [2.05, 4.69) is 0 Å². The van der Waals surface area contributed by atoms with E-state index in [1.165, 1.54) is 19.8 Å². The summed E-state index contributed by atoms with van der Waals surface area (Å²) >= 11 is 0. The fraction of sp³-hybridized carbons (Fsp3) is 0.950. The molecule has 5 rings (SSSR count). The Kier molecular flexibility index (Phi) is 4.71. The number of esters is 1. The molecule has 5 atom stereocenters. The molecule has 5 aliphatic rings. The summed E-state index contributed by atoms with van der Waals surface area (Å²) in [5, 5.41) is 0. The maximum atomic E-state index is 11.8. The lowest BCUT2D eigenvalue weighted by Gasteiger charge is -2.35. The van der Waals surface area contributed by atoms with Crippen molar-refractivity contribution in [3.05, 3.63) is 0 Å². The maximum absolute atomic E-state index is 11.8. The van der Waals surface area contributed by atoms with Crippen LogP contribution in [0.3, 0.4) is 0 Å². The minimum atomic E-state index is -0.575. The Morgan fingerprint density at radius 3 is 2.19 bits per heavy atom. The number of hydrogen-bond donors (Lipinski definition) is 0. The van der Waals surface area contributed by atoms with E-state index >= 15 is 0 Å². The second-order valence-corrected chi connectivity index (χ2v) is 8.65. The van der Waals surface area contributed by atoms with Gasteiger partial charge in [0, 0.05) is 32.6 Å². The normalized spacial score (nSPS) is 42.5. The third kappa shape index (κ3) is 3.31. The largest absolute Gasteiger partial charge is 0.457 e. The Hall–Kier alpha value is -0.730. The molecular formula is C20H30O7. The van der Waals surface area contributed by atoms with Gasteiger partial charge in [-0.05, 0) is 25.7 Å². The van der Waals surface area contributed by atoms with Gasteiger partial charge in [0.15, 0.2) is 30.1 Å². The van der Waals surface area contributed by atoms with Crippen molar-refractivity contribution >= 4 is 5.97 Å². The van der Waals surface area contributed by atoms with Crippen molar-refractivity contribution in [2.24, 2.45) is 0 Å². The Labute approximate surface area is 159 Å². The van der Waals surface area contributed by atoms with Crippen LogP contribution in [0.15, 0.2) is 0 Å². The van der Waals surface area contributed by atoms with Gasteiger partial charge in [-0.15, -0.1) is 0 Å². The van der Waals surface area contributed by atoms with Crippen LogP contribution in [0.25, 0.3) is 0 Å². The molecule has 0 bridgehead atoms. The van der Waals surface area contributed by atoms with E-state index in [4.69, 9.17) is 28.4 Å². The minimum absolute atomic E-state index is 0.271. The Morgan fingerprint density at radius 2 is 1.52 bits per heavy atom. The predicted octanol–water partition coefficient (Wildman–Crippen LogP) is 2.79. The van der Waals surface area contributed by atoms with Crippen molar-refractivity contribution in [2.45, 2.75) is 113 Å². The van der Waals surface area contributed by atoms with E-state index in [9.17, 15) is 4.79 Å². The molecule has 5 fully saturated rings. The summed E-state index contributed by atoms with van der Waals surface area (Å²) < 4.78 is 36.8. The smallest absolute Gasteiger partial charge is 0.303 e. The van der Waals surface area contributed by atoms with Crippen LogP contribution < -0.4 is 0 Å². The summed E-state index contributed by atoms with van der Waals surface area (Å²) in [7, 11) is 0. The monoisotopic (exact) mass is 382 g/mol. The van der Waals surface area contributed by atoms with E-state index in [1.807, 2.05) is 0 Å². The molecule has 2 spiro atoms. The number of carbonyl (C=O) groups is 1. The Balaban J connectivity index is 1.31. The number of hydrogen-bond acceptors (Lipinski definition) is 7. The molecule has 0 N–H and O–H groups in total. The van der Waals surface area contributed by atoms with Gasteiger partial charge in [-0.1, -0.05) is 12.8 Å². The highest BCUT2D eigenvalue weighted by atomic mass is 16.9. The highest BCUT2D eigenvalue weighted by Gasteiger charge is 2.62. The quantitative estimate of drug-likeness (QED) is 0.680. The van der Waals surface area contributed by atoms with Crippen molar-refractivity contribution in [3.63, 3.8) is 0 Å². The highest BCUT2D eigenvalue weighted by Crippen LogP contribution is 2.48. The second-order valence-electron chi connectivity index (χ2n) is 8.65. The van der Waals surface area contributed by atoms with E-state index < -0.39 is 36.2 Å². The first-order chi connectivity index (χ1) is 13.1.